The monoisotopic (exact) mass is 543 g/mol. The summed E-state index contributed by atoms with van der Waals surface area (Å²) in [5.41, 5.74) is 2.29. The number of nitrogens with zero attached hydrogens (tertiary/aromatic N) is 5. The van der Waals surface area contributed by atoms with Crippen molar-refractivity contribution in [3.05, 3.63) is 82.9 Å². The molecule has 4 aromatic rings. The maximum absolute atomic E-state index is 14.2. The number of ether oxygens (including phenoxy) is 3. The van der Waals surface area contributed by atoms with Gasteiger partial charge in [0.15, 0.2) is 0 Å². The highest BCUT2D eigenvalue weighted by Gasteiger charge is 2.30. The normalized spacial score (nSPS) is 16.8. The number of hydrogen-bond acceptors (Lipinski definition) is 8. The number of pyridine rings is 1. The number of aromatic nitrogens is 3. The first kappa shape index (κ1) is 25.7. The van der Waals surface area contributed by atoms with Crippen molar-refractivity contribution >= 4 is 22.8 Å². The van der Waals surface area contributed by atoms with Gasteiger partial charge >= 0.3 is 5.97 Å². The topological polar surface area (TPSA) is 123 Å². The molecule has 11 heteroatoms. The zero-order valence-electron chi connectivity index (χ0n) is 21.5. The van der Waals surface area contributed by atoms with Crippen LogP contribution < -0.4 is 9.64 Å². The van der Waals surface area contributed by atoms with Gasteiger partial charge in [0.05, 0.1) is 47.0 Å². The molecular weight excluding hydrogens is 517 g/mol. The van der Waals surface area contributed by atoms with E-state index in [4.69, 9.17) is 24.5 Å². The van der Waals surface area contributed by atoms with Crippen LogP contribution in [0.15, 0.2) is 54.6 Å². The van der Waals surface area contributed by atoms with Gasteiger partial charge < -0.3 is 28.8 Å². The molecule has 0 radical (unpaired) electrons. The van der Waals surface area contributed by atoms with E-state index in [-0.39, 0.29) is 36.5 Å². The summed E-state index contributed by atoms with van der Waals surface area (Å²) in [5.74, 6) is 0.363. The minimum atomic E-state index is -0.980. The molecule has 204 valence electrons. The van der Waals surface area contributed by atoms with E-state index in [9.17, 15) is 14.3 Å². The second-order valence-electron chi connectivity index (χ2n) is 9.81. The third kappa shape index (κ3) is 5.32. The van der Waals surface area contributed by atoms with Crippen LogP contribution in [0.3, 0.4) is 0 Å². The van der Waals surface area contributed by atoms with Gasteiger partial charge in [-0.3, -0.25) is 0 Å². The fraction of sp³-hybridized carbons (Fsp3) is 0.310. The van der Waals surface area contributed by atoms with Crippen molar-refractivity contribution in [2.45, 2.75) is 38.4 Å². The Balaban J connectivity index is 1.07. The van der Waals surface area contributed by atoms with Gasteiger partial charge in [0.2, 0.25) is 5.88 Å². The lowest BCUT2D eigenvalue weighted by molar-refractivity contribution is -0.0601. The number of carbonyl (C=O) groups is 1. The van der Waals surface area contributed by atoms with Gasteiger partial charge in [0.1, 0.15) is 30.7 Å². The SMILES string of the molecule is N#Cc1ccc(COc2cccc(N3CC(OCc4nc5ccc(C(=O)O)cc5n4C[C@@H]4CCO4)C3)n2)c(F)c1. The quantitative estimate of drug-likeness (QED) is 0.317. The molecule has 40 heavy (non-hydrogen) atoms. The molecule has 2 aromatic heterocycles. The first-order chi connectivity index (χ1) is 19.5. The van der Waals surface area contributed by atoms with Gasteiger partial charge in [-0.25, -0.2) is 14.2 Å². The number of rotatable bonds is 10. The van der Waals surface area contributed by atoms with Crippen molar-refractivity contribution in [2.75, 3.05) is 24.6 Å². The molecule has 0 unspecified atom stereocenters. The van der Waals surface area contributed by atoms with E-state index in [2.05, 4.69) is 9.88 Å². The predicted molar refractivity (Wildman–Crippen MR) is 142 cm³/mol. The maximum Gasteiger partial charge on any atom is 0.335 e. The minimum Gasteiger partial charge on any atom is -0.478 e. The molecule has 1 N–H and O–H groups in total. The number of imidazole rings is 1. The van der Waals surface area contributed by atoms with E-state index < -0.39 is 11.8 Å². The second-order valence-corrected chi connectivity index (χ2v) is 9.81. The largest absolute Gasteiger partial charge is 0.478 e. The van der Waals surface area contributed by atoms with Crippen LogP contribution in [0.2, 0.25) is 0 Å². The second kappa shape index (κ2) is 10.9. The summed E-state index contributed by atoms with van der Waals surface area (Å²) in [4.78, 5) is 22.8. The van der Waals surface area contributed by atoms with Gasteiger partial charge in [-0.2, -0.15) is 10.2 Å². The lowest BCUT2D eigenvalue weighted by Crippen LogP contribution is -2.52. The number of nitriles is 1. The van der Waals surface area contributed by atoms with Crippen LogP contribution in [0.25, 0.3) is 11.0 Å². The predicted octanol–water partition coefficient (Wildman–Crippen LogP) is 3.91. The number of aromatic carboxylic acids is 1. The fourth-order valence-electron chi connectivity index (χ4n) is 4.72. The van der Waals surface area contributed by atoms with Crippen molar-refractivity contribution < 1.29 is 28.5 Å². The molecule has 0 bridgehead atoms. The smallest absolute Gasteiger partial charge is 0.335 e. The standard InChI is InChI=1S/C29H26FN5O5/c30-23-10-18(12-31)4-5-20(23)16-40-28-3-1-2-26(33-28)34-13-22(14-34)39-17-27-32-24-7-6-19(29(36)37)11-25(24)35(27)15-21-8-9-38-21/h1-7,10-11,21-22H,8-9,13-17H2,(H,36,37)/t21-/m0/s1. The fourth-order valence-corrected chi connectivity index (χ4v) is 4.72. The number of benzene rings is 2. The van der Waals surface area contributed by atoms with E-state index in [1.807, 2.05) is 22.8 Å². The Kier molecular flexibility index (Phi) is 7.02. The van der Waals surface area contributed by atoms with Gasteiger partial charge in [-0.05, 0) is 42.8 Å². The van der Waals surface area contributed by atoms with Crippen LogP contribution in [-0.2, 0) is 29.2 Å². The number of halogens is 1. The summed E-state index contributed by atoms with van der Waals surface area (Å²) in [6.07, 6.45) is 1.01. The van der Waals surface area contributed by atoms with E-state index >= 15 is 0 Å². The van der Waals surface area contributed by atoms with Gasteiger partial charge in [-0.15, -0.1) is 0 Å². The molecule has 2 aliphatic heterocycles. The van der Waals surface area contributed by atoms with Crippen molar-refractivity contribution in [1.29, 1.82) is 5.26 Å². The molecule has 2 saturated heterocycles. The molecular formula is C29H26FN5O5. The highest BCUT2D eigenvalue weighted by atomic mass is 19.1. The highest BCUT2D eigenvalue weighted by molar-refractivity contribution is 5.92. The zero-order valence-corrected chi connectivity index (χ0v) is 21.5. The summed E-state index contributed by atoms with van der Waals surface area (Å²) >= 11 is 0. The minimum absolute atomic E-state index is 0.000583. The lowest BCUT2D eigenvalue weighted by atomic mass is 10.1. The van der Waals surface area contributed by atoms with Gasteiger partial charge in [0.25, 0.3) is 0 Å². The first-order valence-corrected chi connectivity index (χ1v) is 13.0. The van der Waals surface area contributed by atoms with Crippen LogP contribution in [0.1, 0.15) is 33.7 Å². The van der Waals surface area contributed by atoms with E-state index in [1.54, 1.807) is 30.3 Å². The van der Waals surface area contributed by atoms with Crippen molar-refractivity contribution in [3.8, 4) is 11.9 Å². The van der Waals surface area contributed by atoms with Crippen LogP contribution in [0.4, 0.5) is 10.2 Å². The molecule has 2 aromatic carbocycles. The van der Waals surface area contributed by atoms with Gasteiger partial charge in [0, 0.05) is 31.3 Å². The van der Waals surface area contributed by atoms with E-state index in [1.165, 1.54) is 12.1 Å². The average molecular weight is 544 g/mol. The summed E-state index contributed by atoms with van der Waals surface area (Å²) in [5, 5.41) is 18.3. The van der Waals surface area contributed by atoms with Crippen LogP contribution in [0, 0.1) is 17.1 Å². The maximum atomic E-state index is 14.2. The number of anilines is 1. The molecule has 0 aliphatic carbocycles. The molecule has 4 heterocycles. The Labute approximate surface area is 229 Å². The summed E-state index contributed by atoms with van der Waals surface area (Å²) < 4.78 is 33.6. The highest BCUT2D eigenvalue weighted by Crippen LogP contribution is 2.26. The molecule has 0 spiro atoms. The third-order valence-corrected chi connectivity index (χ3v) is 7.14. The Hall–Kier alpha value is -4.53. The Morgan fingerprint density at radius 3 is 2.73 bits per heavy atom. The number of fused-ring (bicyclic) bond motifs is 1. The first-order valence-electron chi connectivity index (χ1n) is 13.0. The molecule has 1 atom stereocenters. The molecule has 2 fully saturated rings. The van der Waals surface area contributed by atoms with Crippen LogP contribution in [0.5, 0.6) is 5.88 Å². The molecule has 0 amide bonds. The van der Waals surface area contributed by atoms with Gasteiger partial charge in [-0.1, -0.05) is 12.1 Å². The van der Waals surface area contributed by atoms with Crippen LogP contribution in [-0.4, -0.2) is 57.5 Å². The lowest BCUT2D eigenvalue weighted by Gasteiger charge is -2.39. The van der Waals surface area contributed by atoms with E-state index in [0.29, 0.717) is 31.1 Å². The molecule has 6 rings (SSSR count). The Bertz CT molecular complexity index is 1610. The third-order valence-electron chi connectivity index (χ3n) is 7.14. The molecule has 0 saturated carbocycles. The Morgan fingerprint density at radius 1 is 1.15 bits per heavy atom. The average Bonchev–Trinajstić information content (AvgIpc) is 3.25. The summed E-state index contributed by atoms with van der Waals surface area (Å²) in [7, 11) is 0. The van der Waals surface area contributed by atoms with E-state index in [0.717, 1.165) is 35.7 Å². The van der Waals surface area contributed by atoms with Crippen molar-refractivity contribution in [2.24, 2.45) is 0 Å². The summed E-state index contributed by atoms with van der Waals surface area (Å²) in [6, 6.07) is 16.5. The molecule has 10 nitrogen and oxygen atoms in total. The van der Waals surface area contributed by atoms with Crippen LogP contribution >= 0.6 is 0 Å². The Morgan fingerprint density at radius 2 is 2.00 bits per heavy atom. The number of carboxylic acids is 1. The number of hydrogen-bond donors (Lipinski definition) is 1. The number of carboxylic acid groups (broad SMARTS) is 1. The molecule has 2 aliphatic rings. The summed E-state index contributed by atoms with van der Waals surface area (Å²) in [6.45, 7) is 2.88. The zero-order chi connectivity index (χ0) is 27.6. The van der Waals surface area contributed by atoms with Crippen molar-refractivity contribution in [3.63, 3.8) is 0 Å². The van der Waals surface area contributed by atoms with Crippen molar-refractivity contribution in [1.82, 2.24) is 14.5 Å².